The summed E-state index contributed by atoms with van der Waals surface area (Å²) >= 11 is 5.25. The molecule has 0 radical (unpaired) electrons. The zero-order chi connectivity index (χ0) is 10.6. The Hall–Kier alpha value is -1.02. The average molecular weight is 206 g/mol. The van der Waals surface area contributed by atoms with E-state index in [0.29, 0.717) is 11.5 Å². The van der Waals surface area contributed by atoms with E-state index < -0.39 is 0 Å². The second-order valence-electron chi connectivity index (χ2n) is 3.66. The third-order valence-electron chi connectivity index (χ3n) is 2.14. The van der Waals surface area contributed by atoms with E-state index in [4.69, 9.17) is 12.2 Å². The second kappa shape index (κ2) is 5.01. The molecule has 0 N–H and O–H groups in total. The first-order valence-corrected chi connectivity index (χ1v) is 5.11. The number of carbonyl (C=O) groups is 1. The lowest BCUT2D eigenvalue weighted by molar-refractivity contribution is 0.112. The van der Waals surface area contributed by atoms with Crippen LogP contribution in [0.3, 0.4) is 0 Å². The van der Waals surface area contributed by atoms with Crippen LogP contribution in [0.25, 0.3) is 0 Å². The van der Waals surface area contributed by atoms with Gasteiger partial charge in [0.15, 0.2) is 0 Å². The fraction of sp³-hybridized carbons (Fsp3) is 0.333. The van der Waals surface area contributed by atoms with E-state index >= 15 is 0 Å². The summed E-state index contributed by atoms with van der Waals surface area (Å²) in [6.45, 7) is 4.20. The van der Waals surface area contributed by atoms with E-state index in [1.165, 1.54) is 5.56 Å². The number of thiocarbonyl (C=S) groups is 1. The van der Waals surface area contributed by atoms with Gasteiger partial charge in [-0.25, -0.2) is 0 Å². The van der Waals surface area contributed by atoms with Gasteiger partial charge in [-0.3, -0.25) is 4.79 Å². The monoisotopic (exact) mass is 206 g/mol. The van der Waals surface area contributed by atoms with Crippen LogP contribution in [-0.2, 0) is 6.42 Å². The Bertz CT molecular complexity index is 325. The molecule has 0 amide bonds. The zero-order valence-electron chi connectivity index (χ0n) is 8.49. The molecule has 0 saturated heterocycles. The van der Waals surface area contributed by atoms with Crippen LogP contribution in [0.15, 0.2) is 24.3 Å². The van der Waals surface area contributed by atoms with Crippen molar-refractivity contribution in [1.82, 2.24) is 0 Å². The predicted molar refractivity (Wildman–Crippen MR) is 63.0 cm³/mol. The van der Waals surface area contributed by atoms with Crippen molar-refractivity contribution in [2.75, 3.05) is 0 Å². The minimum Gasteiger partial charge on any atom is -0.298 e. The van der Waals surface area contributed by atoms with E-state index in [1.807, 2.05) is 24.3 Å². The van der Waals surface area contributed by atoms with Crippen LogP contribution < -0.4 is 0 Å². The molecule has 0 aliphatic heterocycles. The van der Waals surface area contributed by atoms with Crippen LogP contribution in [0.1, 0.15) is 29.8 Å². The Morgan fingerprint density at radius 3 is 2.36 bits per heavy atom. The first-order chi connectivity index (χ1) is 6.63. The summed E-state index contributed by atoms with van der Waals surface area (Å²) in [6.07, 6.45) is 1.68. The van der Waals surface area contributed by atoms with Gasteiger partial charge in [0.25, 0.3) is 0 Å². The zero-order valence-corrected chi connectivity index (χ0v) is 9.30. The third-order valence-corrected chi connectivity index (χ3v) is 2.75. The van der Waals surface area contributed by atoms with Gasteiger partial charge < -0.3 is 0 Å². The third kappa shape index (κ3) is 3.04. The molecule has 2 heteroatoms. The van der Waals surface area contributed by atoms with Gasteiger partial charge in [0, 0.05) is 12.0 Å². The molecule has 1 nitrogen and oxygen atoms in total. The van der Waals surface area contributed by atoms with Crippen molar-refractivity contribution in [2.45, 2.75) is 20.3 Å². The summed E-state index contributed by atoms with van der Waals surface area (Å²) in [5.74, 6) is 0.441. The molecule has 0 saturated carbocycles. The summed E-state index contributed by atoms with van der Waals surface area (Å²) in [4.78, 5) is 11.5. The molecule has 1 rings (SSSR count). The average Bonchev–Trinajstić information content (AvgIpc) is 2.19. The van der Waals surface area contributed by atoms with E-state index in [9.17, 15) is 4.79 Å². The molecule has 0 aliphatic rings. The summed E-state index contributed by atoms with van der Waals surface area (Å²) in [5, 5.41) is 0. The Morgan fingerprint density at radius 1 is 1.36 bits per heavy atom. The highest BCUT2D eigenvalue weighted by Gasteiger charge is 2.03. The van der Waals surface area contributed by atoms with Crippen LogP contribution in [-0.4, -0.2) is 11.2 Å². The summed E-state index contributed by atoms with van der Waals surface area (Å²) in [6, 6.07) is 7.56. The topological polar surface area (TPSA) is 17.1 Å². The Kier molecular flexibility index (Phi) is 3.96. The van der Waals surface area contributed by atoms with Crippen molar-refractivity contribution in [3.05, 3.63) is 35.4 Å². The molecular formula is C12H14OS. The molecule has 0 bridgehead atoms. The van der Waals surface area contributed by atoms with Crippen LogP contribution in [0, 0.1) is 5.92 Å². The van der Waals surface area contributed by atoms with E-state index in [0.717, 1.165) is 17.6 Å². The summed E-state index contributed by atoms with van der Waals surface area (Å²) in [7, 11) is 0. The Labute approximate surface area is 90.1 Å². The highest BCUT2D eigenvalue weighted by molar-refractivity contribution is 7.80. The first-order valence-electron chi connectivity index (χ1n) is 4.70. The van der Waals surface area contributed by atoms with E-state index in [-0.39, 0.29) is 0 Å². The van der Waals surface area contributed by atoms with Crippen molar-refractivity contribution in [1.29, 1.82) is 0 Å². The predicted octanol–water partition coefficient (Wildman–Crippen LogP) is 3.07. The van der Waals surface area contributed by atoms with Gasteiger partial charge in [0.1, 0.15) is 6.29 Å². The molecule has 0 unspecified atom stereocenters. The van der Waals surface area contributed by atoms with Crippen molar-refractivity contribution in [3.8, 4) is 0 Å². The number of hydrogen-bond donors (Lipinski definition) is 0. The highest BCUT2D eigenvalue weighted by atomic mass is 32.1. The molecule has 1 aromatic carbocycles. The maximum Gasteiger partial charge on any atom is 0.150 e. The van der Waals surface area contributed by atoms with Gasteiger partial charge in [0.05, 0.1) is 0 Å². The van der Waals surface area contributed by atoms with Gasteiger partial charge in [-0.2, -0.15) is 0 Å². The second-order valence-corrected chi connectivity index (χ2v) is 4.18. The summed E-state index contributed by atoms with van der Waals surface area (Å²) < 4.78 is 0. The number of aldehydes is 1. The van der Waals surface area contributed by atoms with Crippen molar-refractivity contribution in [3.63, 3.8) is 0 Å². The van der Waals surface area contributed by atoms with E-state index in [2.05, 4.69) is 13.8 Å². The van der Waals surface area contributed by atoms with Gasteiger partial charge in [-0.1, -0.05) is 50.3 Å². The minimum absolute atomic E-state index is 0.441. The molecular weight excluding hydrogens is 192 g/mol. The van der Waals surface area contributed by atoms with Crippen LogP contribution in [0.5, 0.6) is 0 Å². The molecule has 1 aromatic rings. The number of hydrogen-bond acceptors (Lipinski definition) is 2. The lowest BCUT2D eigenvalue weighted by atomic mass is 10.0. The largest absolute Gasteiger partial charge is 0.298 e. The van der Waals surface area contributed by atoms with Crippen molar-refractivity contribution in [2.24, 2.45) is 5.92 Å². The summed E-state index contributed by atoms with van der Waals surface area (Å²) in [5.41, 5.74) is 1.89. The molecule has 74 valence electrons. The van der Waals surface area contributed by atoms with E-state index in [1.54, 1.807) is 0 Å². The number of benzene rings is 1. The Balaban J connectivity index is 2.69. The van der Waals surface area contributed by atoms with Gasteiger partial charge >= 0.3 is 0 Å². The van der Waals surface area contributed by atoms with Crippen LogP contribution in [0.4, 0.5) is 0 Å². The maximum atomic E-state index is 10.4. The fourth-order valence-corrected chi connectivity index (χ4v) is 1.29. The standard InChI is InChI=1S/C12H14OS/c1-9(2)12(14)7-10-3-5-11(8-13)6-4-10/h3-6,8-9H,7H2,1-2H3. The smallest absolute Gasteiger partial charge is 0.150 e. The normalized spacial score (nSPS) is 10.2. The molecule has 14 heavy (non-hydrogen) atoms. The van der Waals surface area contributed by atoms with Crippen LogP contribution >= 0.6 is 12.2 Å². The van der Waals surface area contributed by atoms with Crippen LogP contribution in [0.2, 0.25) is 0 Å². The van der Waals surface area contributed by atoms with Gasteiger partial charge in [-0.15, -0.1) is 0 Å². The molecule has 0 aliphatic carbocycles. The molecule has 0 spiro atoms. The molecule has 0 atom stereocenters. The lowest BCUT2D eigenvalue weighted by Gasteiger charge is -2.06. The SMILES string of the molecule is CC(C)C(=S)Cc1ccc(C=O)cc1. The van der Waals surface area contributed by atoms with Crippen molar-refractivity contribution < 1.29 is 4.79 Å². The van der Waals surface area contributed by atoms with Crippen molar-refractivity contribution >= 4 is 23.4 Å². The fourth-order valence-electron chi connectivity index (χ4n) is 1.12. The highest BCUT2D eigenvalue weighted by Crippen LogP contribution is 2.08. The lowest BCUT2D eigenvalue weighted by Crippen LogP contribution is -2.07. The minimum atomic E-state index is 0.441. The molecule has 0 aromatic heterocycles. The maximum absolute atomic E-state index is 10.4. The first kappa shape index (κ1) is 11.1. The molecule has 0 fully saturated rings. The van der Waals surface area contributed by atoms with Gasteiger partial charge in [0.2, 0.25) is 0 Å². The number of carbonyl (C=O) groups excluding carboxylic acids is 1. The van der Waals surface area contributed by atoms with Gasteiger partial charge in [-0.05, 0) is 16.3 Å². The Morgan fingerprint density at radius 2 is 1.93 bits per heavy atom. The number of rotatable bonds is 4. The molecule has 0 heterocycles. The quantitative estimate of drug-likeness (QED) is 0.556.